The van der Waals surface area contributed by atoms with Gasteiger partial charge < -0.3 is 10.2 Å². The molecular weight excluding hydrogens is 218 g/mol. The smallest absolute Gasteiger partial charge is 0.169 e. The molecule has 2 N–H and O–H groups in total. The van der Waals surface area contributed by atoms with Gasteiger partial charge in [0.2, 0.25) is 0 Å². The maximum absolute atomic E-state index is 5.84. The molecule has 12 heavy (non-hydrogen) atoms. The highest BCUT2D eigenvalue weighted by molar-refractivity contribution is 9.10. The standard InChI is InChI=1S/C9H14BrNO/c1-9(2,11)6-5-7-3-4-8(10)12-7/h3-4H,5-6,11H2,1-2H3. The Morgan fingerprint density at radius 1 is 1.50 bits per heavy atom. The van der Waals surface area contributed by atoms with E-state index in [0.29, 0.717) is 0 Å². The predicted molar refractivity (Wildman–Crippen MR) is 53.0 cm³/mol. The van der Waals surface area contributed by atoms with Crippen molar-refractivity contribution in [2.75, 3.05) is 0 Å². The zero-order chi connectivity index (χ0) is 9.19. The van der Waals surface area contributed by atoms with E-state index in [4.69, 9.17) is 10.2 Å². The minimum absolute atomic E-state index is 0.112. The zero-order valence-electron chi connectivity index (χ0n) is 7.43. The molecule has 3 heteroatoms. The number of furan rings is 1. The van der Waals surface area contributed by atoms with Gasteiger partial charge in [-0.2, -0.15) is 0 Å². The molecule has 0 amide bonds. The second-order valence-electron chi connectivity index (χ2n) is 3.69. The summed E-state index contributed by atoms with van der Waals surface area (Å²) in [6, 6.07) is 3.87. The maximum Gasteiger partial charge on any atom is 0.169 e. The van der Waals surface area contributed by atoms with E-state index in [2.05, 4.69) is 15.9 Å². The molecule has 0 unspecified atom stereocenters. The Morgan fingerprint density at radius 3 is 2.58 bits per heavy atom. The minimum atomic E-state index is -0.112. The average molecular weight is 232 g/mol. The van der Waals surface area contributed by atoms with Crippen LogP contribution >= 0.6 is 15.9 Å². The van der Waals surface area contributed by atoms with E-state index in [0.717, 1.165) is 23.3 Å². The molecule has 0 radical (unpaired) electrons. The van der Waals surface area contributed by atoms with E-state index in [9.17, 15) is 0 Å². The molecule has 68 valence electrons. The molecular formula is C9H14BrNO. The summed E-state index contributed by atoms with van der Waals surface area (Å²) < 4.78 is 6.12. The Kier molecular flexibility index (Phi) is 2.96. The Balaban J connectivity index is 2.44. The summed E-state index contributed by atoms with van der Waals surface area (Å²) in [6.07, 6.45) is 1.84. The van der Waals surface area contributed by atoms with Gasteiger partial charge in [-0.15, -0.1) is 0 Å². The first kappa shape index (κ1) is 9.81. The van der Waals surface area contributed by atoms with Gasteiger partial charge in [-0.3, -0.25) is 0 Å². The highest BCUT2D eigenvalue weighted by atomic mass is 79.9. The maximum atomic E-state index is 5.84. The molecule has 2 nitrogen and oxygen atoms in total. The molecule has 0 spiro atoms. The molecule has 0 saturated carbocycles. The van der Waals surface area contributed by atoms with E-state index < -0.39 is 0 Å². The Labute approximate surface area is 81.3 Å². The van der Waals surface area contributed by atoms with Crippen LogP contribution in [0.4, 0.5) is 0 Å². The summed E-state index contributed by atoms with van der Waals surface area (Å²) in [7, 11) is 0. The first-order valence-electron chi connectivity index (χ1n) is 4.00. The number of rotatable bonds is 3. The fourth-order valence-corrected chi connectivity index (χ4v) is 1.27. The van der Waals surface area contributed by atoms with E-state index in [1.165, 1.54) is 0 Å². The highest BCUT2D eigenvalue weighted by Gasteiger charge is 2.11. The second kappa shape index (κ2) is 3.62. The van der Waals surface area contributed by atoms with Crippen molar-refractivity contribution >= 4 is 15.9 Å². The molecule has 1 heterocycles. The van der Waals surface area contributed by atoms with Crippen molar-refractivity contribution in [1.29, 1.82) is 0 Å². The number of halogens is 1. The summed E-state index contributed by atoms with van der Waals surface area (Å²) in [6.45, 7) is 4.04. The largest absolute Gasteiger partial charge is 0.454 e. The molecule has 0 fully saturated rings. The van der Waals surface area contributed by atoms with Gasteiger partial charge in [0.1, 0.15) is 5.76 Å². The average Bonchev–Trinajstić information content (AvgIpc) is 2.30. The molecule has 1 rings (SSSR count). The van der Waals surface area contributed by atoms with Crippen LogP contribution in [0.5, 0.6) is 0 Å². The molecule has 0 aromatic carbocycles. The van der Waals surface area contributed by atoms with Gasteiger partial charge in [0.05, 0.1) is 0 Å². The Morgan fingerprint density at radius 2 is 2.17 bits per heavy atom. The monoisotopic (exact) mass is 231 g/mol. The van der Waals surface area contributed by atoms with Gasteiger partial charge in [-0.25, -0.2) is 0 Å². The lowest BCUT2D eigenvalue weighted by atomic mass is 9.99. The van der Waals surface area contributed by atoms with Crippen molar-refractivity contribution in [3.05, 3.63) is 22.6 Å². The van der Waals surface area contributed by atoms with Gasteiger partial charge in [0, 0.05) is 12.0 Å². The summed E-state index contributed by atoms with van der Waals surface area (Å²) in [5.74, 6) is 0.986. The van der Waals surface area contributed by atoms with Crippen LogP contribution in [0.1, 0.15) is 26.0 Å². The first-order valence-corrected chi connectivity index (χ1v) is 4.80. The lowest BCUT2D eigenvalue weighted by molar-refractivity contribution is 0.425. The van der Waals surface area contributed by atoms with E-state index >= 15 is 0 Å². The van der Waals surface area contributed by atoms with Crippen LogP contribution in [-0.4, -0.2) is 5.54 Å². The number of aryl methyl sites for hydroxylation is 1. The van der Waals surface area contributed by atoms with Gasteiger partial charge >= 0.3 is 0 Å². The quantitative estimate of drug-likeness (QED) is 0.870. The number of hydrogen-bond donors (Lipinski definition) is 1. The first-order chi connectivity index (χ1) is 5.47. The zero-order valence-corrected chi connectivity index (χ0v) is 9.02. The van der Waals surface area contributed by atoms with Crippen molar-refractivity contribution in [3.8, 4) is 0 Å². The van der Waals surface area contributed by atoms with Gasteiger partial charge in [0.15, 0.2) is 4.67 Å². The van der Waals surface area contributed by atoms with Gasteiger partial charge in [0.25, 0.3) is 0 Å². The number of hydrogen-bond acceptors (Lipinski definition) is 2. The van der Waals surface area contributed by atoms with Crippen LogP contribution in [0.25, 0.3) is 0 Å². The second-order valence-corrected chi connectivity index (χ2v) is 4.48. The summed E-state index contributed by atoms with van der Waals surface area (Å²) in [5.41, 5.74) is 5.72. The molecule has 0 saturated heterocycles. The third kappa shape index (κ3) is 3.41. The summed E-state index contributed by atoms with van der Waals surface area (Å²) in [5, 5.41) is 0. The van der Waals surface area contributed by atoms with E-state index in [-0.39, 0.29) is 5.54 Å². The fourth-order valence-electron chi connectivity index (χ4n) is 0.931. The molecule has 1 aromatic heterocycles. The van der Waals surface area contributed by atoms with Crippen molar-refractivity contribution in [1.82, 2.24) is 0 Å². The van der Waals surface area contributed by atoms with Crippen LogP contribution in [0, 0.1) is 0 Å². The molecule has 0 aliphatic rings. The van der Waals surface area contributed by atoms with E-state index in [1.807, 2.05) is 26.0 Å². The predicted octanol–water partition coefficient (Wildman–Crippen LogP) is 2.71. The van der Waals surface area contributed by atoms with Gasteiger partial charge in [-0.1, -0.05) is 0 Å². The normalized spacial score (nSPS) is 12.0. The van der Waals surface area contributed by atoms with Crippen molar-refractivity contribution in [2.24, 2.45) is 5.73 Å². The minimum Gasteiger partial charge on any atom is -0.454 e. The topological polar surface area (TPSA) is 39.2 Å². The van der Waals surface area contributed by atoms with Crippen molar-refractivity contribution < 1.29 is 4.42 Å². The SMILES string of the molecule is CC(C)(N)CCc1ccc(Br)o1. The number of nitrogens with two attached hydrogens (primary N) is 1. The third-order valence-electron chi connectivity index (χ3n) is 1.64. The Bertz CT molecular complexity index is 249. The molecule has 1 aromatic rings. The lowest BCUT2D eigenvalue weighted by Crippen LogP contribution is -2.32. The van der Waals surface area contributed by atoms with E-state index in [1.54, 1.807) is 0 Å². The Hall–Kier alpha value is -0.280. The van der Waals surface area contributed by atoms with Crippen molar-refractivity contribution in [3.63, 3.8) is 0 Å². The van der Waals surface area contributed by atoms with Crippen molar-refractivity contribution in [2.45, 2.75) is 32.2 Å². The lowest BCUT2D eigenvalue weighted by Gasteiger charge is -2.16. The van der Waals surface area contributed by atoms with Gasteiger partial charge in [-0.05, 0) is 48.3 Å². The van der Waals surface area contributed by atoms with Crippen LogP contribution in [0.15, 0.2) is 21.2 Å². The van der Waals surface area contributed by atoms with Crippen LogP contribution in [-0.2, 0) is 6.42 Å². The summed E-state index contributed by atoms with van der Waals surface area (Å²) >= 11 is 3.25. The summed E-state index contributed by atoms with van der Waals surface area (Å²) in [4.78, 5) is 0. The highest BCUT2D eigenvalue weighted by Crippen LogP contribution is 2.17. The molecule has 0 aliphatic heterocycles. The van der Waals surface area contributed by atoms with Crippen LogP contribution in [0.3, 0.4) is 0 Å². The fraction of sp³-hybridized carbons (Fsp3) is 0.556. The van der Waals surface area contributed by atoms with Crippen LogP contribution < -0.4 is 5.73 Å². The molecule has 0 aliphatic carbocycles. The third-order valence-corrected chi connectivity index (χ3v) is 2.07. The molecule has 0 atom stereocenters. The molecule has 0 bridgehead atoms. The van der Waals surface area contributed by atoms with Crippen LogP contribution in [0.2, 0.25) is 0 Å².